The predicted molar refractivity (Wildman–Crippen MR) is 97.1 cm³/mol. The zero-order valence-corrected chi connectivity index (χ0v) is 15.2. The molecule has 0 saturated carbocycles. The van der Waals surface area contributed by atoms with Crippen LogP contribution < -0.4 is 16.8 Å². The number of hydrogen-bond donors (Lipinski definition) is 3. The lowest BCUT2D eigenvalue weighted by Crippen LogP contribution is -2.37. The van der Waals surface area contributed by atoms with Crippen LogP contribution in [0.15, 0.2) is 0 Å². The van der Waals surface area contributed by atoms with E-state index in [0.717, 1.165) is 13.0 Å². The molecule has 0 aromatic rings. The Hall–Kier alpha value is -0.650. The lowest BCUT2D eigenvalue weighted by Gasteiger charge is -2.08. The number of carbonyl (C=O) groups excluding carboxylic acids is 1. The van der Waals surface area contributed by atoms with Crippen LogP contribution in [-0.2, 0) is 9.53 Å². The van der Waals surface area contributed by atoms with Crippen LogP contribution in [0.25, 0.3) is 0 Å². The van der Waals surface area contributed by atoms with E-state index in [1.165, 1.54) is 70.6 Å². The van der Waals surface area contributed by atoms with E-state index in [2.05, 4.69) is 12.2 Å². The zero-order valence-electron chi connectivity index (χ0n) is 15.2. The lowest BCUT2D eigenvalue weighted by molar-refractivity contribution is -0.143. The number of unbranched alkanes of at least 4 members (excludes halogenated alkanes) is 11. The van der Waals surface area contributed by atoms with E-state index in [0.29, 0.717) is 0 Å². The van der Waals surface area contributed by atoms with E-state index in [4.69, 9.17) is 16.2 Å². The summed E-state index contributed by atoms with van der Waals surface area (Å²) in [6.45, 7) is 3.45. The van der Waals surface area contributed by atoms with Crippen LogP contribution >= 0.6 is 0 Å². The van der Waals surface area contributed by atoms with Crippen molar-refractivity contribution in [2.45, 2.75) is 90.1 Å². The minimum Gasteiger partial charge on any atom is -0.462 e. The summed E-state index contributed by atoms with van der Waals surface area (Å²) in [7, 11) is 0. The average Bonchev–Trinajstić information content (AvgIpc) is 2.53. The maximum Gasteiger partial charge on any atom is 0.320 e. The molecule has 138 valence electrons. The number of rotatable bonds is 17. The summed E-state index contributed by atoms with van der Waals surface area (Å²) in [5.74, 6) is -0.287. The predicted octanol–water partition coefficient (Wildman–Crippen LogP) is 3.06. The van der Waals surface area contributed by atoms with Crippen molar-refractivity contribution in [3.63, 3.8) is 0 Å². The lowest BCUT2D eigenvalue weighted by atomic mass is 10.1. The smallest absolute Gasteiger partial charge is 0.320 e. The molecule has 0 atom stereocenters. The van der Waals surface area contributed by atoms with Crippen LogP contribution in [0.3, 0.4) is 0 Å². The third-order valence-electron chi connectivity index (χ3n) is 3.91. The van der Waals surface area contributed by atoms with Gasteiger partial charge in [-0.3, -0.25) is 4.79 Å². The van der Waals surface area contributed by atoms with Crippen LogP contribution in [0.2, 0.25) is 0 Å². The molecular formula is C18H39N3O2. The van der Waals surface area contributed by atoms with Gasteiger partial charge in [-0.1, -0.05) is 77.6 Å². The summed E-state index contributed by atoms with van der Waals surface area (Å²) in [5.41, 5.74) is 10.6. The van der Waals surface area contributed by atoms with Crippen molar-refractivity contribution < 1.29 is 9.53 Å². The number of nitrogens with two attached hydrogens (primary N) is 2. The van der Waals surface area contributed by atoms with E-state index >= 15 is 0 Å². The molecule has 0 aromatic heterocycles. The highest BCUT2D eigenvalue weighted by molar-refractivity contribution is 5.71. The Morgan fingerprint density at radius 3 is 1.83 bits per heavy atom. The monoisotopic (exact) mass is 329 g/mol. The van der Waals surface area contributed by atoms with Gasteiger partial charge in [-0.15, -0.1) is 0 Å². The molecule has 5 nitrogen and oxygen atoms in total. The molecule has 0 fully saturated rings. The molecule has 0 radical (unpaired) electrons. The number of ether oxygens (including phenoxy) is 1. The minimum atomic E-state index is -0.588. The molecule has 0 saturated heterocycles. The van der Waals surface area contributed by atoms with Crippen molar-refractivity contribution in [2.24, 2.45) is 11.5 Å². The highest BCUT2D eigenvalue weighted by Gasteiger charge is 2.03. The fourth-order valence-corrected chi connectivity index (χ4v) is 2.52. The van der Waals surface area contributed by atoms with E-state index in [1.54, 1.807) is 0 Å². The number of carbonyl (C=O) groups is 1. The molecular weight excluding hydrogens is 290 g/mol. The Balaban J connectivity index is 3.09. The Morgan fingerprint density at radius 1 is 0.870 bits per heavy atom. The van der Waals surface area contributed by atoms with E-state index in [1.807, 2.05) is 0 Å². The van der Waals surface area contributed by atoms with Crippen molar-refractivity contribution in [3.05, 3.63) is 0 Å². The quantitative estimate of drug-likeness (QED) is 0.217. The highest BCUT2D eigenvalue weighted by Crippen LogP contribution is 2.11. The van der Waals surface area contributed by atoms with Crippen LogP contribution in [-0.4, -0.2) is 31.8 Å². The van der Waals surface area contributed by atoms with E-state index < -0.39 is 6.17 Å². The zero-order chi connectivity index (χ0) is 17.2. The van der Waals surface area contributed by atoms with E-state index in [9.17, 15) is 4.79 Å². The molecule has 0 aliphatic rings. The molecule has 0 rings (SSSR count). The summed E-state index contributed by atoms with van der Waals surface area (Å²) in [5, 5.41) is 3.09. The Morgan fingerprint density at radius 2 is 1.35 bits per heavy atom. The molecule has 23 heavy (non-hydrogen) atoms. The van der Waals surface area contributed by atoms with Crippen molar-refractivity contribution in [3.8, 4) is 0 Å². The summed E-state index contributed by atoms with van der Waals surface area (Å²) in [6, 6.07) is 0. The van der Waals surface area contributed by atoms with Gasteiger partial charge in [0.05, 0.1) is 12.7 Å². The van der Waals surface area contributed by atoms with Crippen molar-refractivity contribution in [1.82, 2.24) is 5.32 Å². The van der Waals surface area contributed by atoms with Crippen LogP contribution in [0.4, 0.5) is 0 Å². The third-order valence-corrected chi connectivity index (χ3v) is 3.91. The Labute approximate surface area is 142 Å². The van der Waals surface area contributed by atoms with Crippen molar-refractivity contribution in [1.29, 1.82) is 0 Å². The van der Waals surface area contributed by atoms with Gasteiger partial charge in [-0.05, 0) is 13.0 Å². The third kappa shape index (κ3) is 19.3. The topological polar surface area (TPSA) is 90.4 Å². The molecule has 0 spiro atoms. The second kappa shape index (κ2) is 17.7. The molecule has 0 aliphatic carbocycles. The molecule has 0 aliphatic heterocycles. The fourth-order valence-electron chi connectivity index (χ4n) is 2.52. The fraction of sp³-hybridized carbons (Fsp3) is 0.944. The number of esters is 1. The van der Waals surface area contributed by atoms with Crippen LogP contribution in [0.5, 0.6) is 0 Å². The van der Waals surface area contributed by atoms with Gasteiger partial charge in [-0.25, -0.2) is 0 Å². The normalized spacial score (nSPS) is 11.1. The van der Waals surface area contributed by atoms with Gasteiger partial charge in [0.1, 0.15) is 6.61 Å². The highest BCUT2D eigenvalue weighted by atomic mass is 16.5. The van der Waals surface area contributed by atoms with E-state index in [-0.39, 0.29) is 19.1 Å². The SMILES string of the molecule is CCCCCCCCCCCCCCNCC(=O)OCC(N)N. The molecule has 5 heteroatoms. The standard InChI is InChI=1S/C18H39N3O2/c1-2-3-4-5-6-7-8-9-10-11-12-13-14-21-15-18(22)23-16-17(19)20/h17,21H,2-16,19-20H2,1H3. The van der Waals surface area contributed by atoms with Gasteiger partial charge in [-0.2, -0.15) is 0 Å². The van der Waals surface area contributed by atoms with Gasteiger partial charge in [0.25, 0.3) is 0 Å². The van der Waals surface area contributed by atoms with Crippen LogP contribution in [0.1, 0.15) is 84.0 Å². The summed E-state index contributed by atoms with van der Waals surface area (Å²) in [6.07, 6.45) is 15.5. The summed E-state index contributed by atoms with van der Waals surface area (Å²) >= 11 is 0. The molecule has 0 unspecified atom stereocenters. The minimum absolute atomic E-state index is 0.0825. The summed E-state index contributed by atoms with van der Waals surface area (Å²) < 4.78 is 4.87. The molecule has 5 N–H and O–H groups in total. The molecule has 0 amide bonds. The summed E-state index contributed by atoms with van der Waals surface area (Å²) in [4.78, 5) is 11.3. The first kappa shape index (κ1) is 22.4. The molecule has 0 aromatic carbocycles. The Kier molecular flexibility index (Phi) is 17.2. The maximum atomic E-state index is 11.3. The first-order valence-electron chi connectivity index (χ1n) is 9.54. The van der Waals surface area contributed by atoms with Gasteiger partial charge in [0, 0.05) is 0 Å². The van der Waals surface area contributed by atoms with Gasteiger partial charge in [0.15, 0.2) is 0 Å². The van der Waals surface area contributed by atoms with Crippen molar-refractivity contribution in [2.75, 3.05) is 19.7 Å². The first-order chi connectivity index (χ1) is 11.2. The second-order valence-corrected chi connectivity index (χ2v) is 6.41. The average molecular weight is 330 g/mol. The Bertz CT molecular complexity index is 261. The van der Waals surface area contributed by atoms with Gasteiger partial charge < -0.3 is 21.5 Å². The molecule has 0 heterocycles. The maximum absolute atomic E-state index is 11.3. The van der Waals surface area contributed by atoms with Crippen molar-refractivity contribution >= 4 is 5.97 Å². The van der Waals surface area contributed by atoms with Crippen LogP contribution in [0, 0.1) is 0 Å². The number of nitrogens with one attached hydrogen (secondary N) is 1. The second-order valence-electron chi connectivity index (χ2n) is 6.41. The van der Waals surface area contributed by atoms with Gasteiger partial charge in [0.2, 0.25) is 0 Å². The largest absolute Gasteiger partial charge is 0.462 e. The van der Waals surface area contributed by atoms with Gasteiger partial charge >= 0.3 is 5.97 Å². The molecule has 0 bridgehead atoms. The number of hydrogen-bond acceptors (Lipinski definition) is 5. The first-order valence-corrected chi connectivity index (χ1v) is 9.54.